The average molecular weight is 381 g/mol. The molecule has 0 aliphatic heterocycles. The number of benzene rings is 1. The number of thioether (sulfide) groups is 1. The van der Waals surface area contributed by atoms with Crippen molar-refractivity contribution in [3.63, 3.8) is 0 Å². The number of hydrogen-bond acceptors (Lipinski definition) is 7. The van der Waals surface area contributed by atoms with Crippen molar-refractivity contribution in [3.05, 3.63) is 57.6 Å². The van der Waals surface area contributed by atoms with E-state index in [-0.39, 0.29) is 12.3 Å². The normalized spacial score (nSPS) is 10.8. The van der Waals surface area contributed by atoms with Gasteiger partial charge in [0.2, 0.25) is 0 Å². The standard InChI is InChI=1S/C14H13ClN6O3S/c1-19-13(8-24-12-4-2-10(15)3-5-12)17-18-14(19)25-9-20-7-11(6-16-20)21(22)23/h2-7H,8-9H2,1H3. The van der Waals surface area contributed by atoms with Gasteiger partial charge >= 0.3 is 5.69 Å². The maximum Gasteiger partial charge on any atom is 0.307 e. The van der Waals surface area contributed by atoms with E-state index < -0.39 is 4.92 Å². The van der Waals surface area contributed by atoms with Crippen molar-refractivity contribution in [1.82, 2.24) is 24.5 Å². The second kappa shape index (κ2) is 7.53. The highest BCUT2D eigenvalue weighted by molar-refractivity contribution is 7.98. The van der Waals surface area contributed by atoms with Gasteiger partial charge in [-0.1, -0.05) is 23.4 Å². The first-order valence-corrected chi connectivity index (χ1v) is 8.45. The second-order valence-corrected chi connectivity index (χ2v) is 6.32. The molecule has 0 aliphatic rings. The number of aromatic nitrogens is 5. The SMILES string of the molecule is Cn1c(COc2ccc(Cl)cc2)nnc1SCn1cc([N+](=O)[O-])cn1. The Hall–Kier alpha value is -2.59. The van der Waals surface area contributed by atoms with Gasteiger partial charge in [-0.15, -0.1) is 10.2 Å². The number of hydrogen-bond donors (Lipinski definition) is 0. The van der Waals surface area contributed by atoms with E-state index in [9.17, 15) is 10.1 Å². The summed E-state index contributed by atoms with van der Waals surface area (Å²) in [7, 11) is 1.83. The fraction of sp³-hybridized carbons (Fsp3) is 0.214. The Bertz CT molecular complexity index is 879. The molecule has 3 aromatic rings. The van der Waals surface area contributed by atoms with Crippen LogP contribution in [0.2, 0.25) is 5.02 Å². The van der Waals surface area contributed by atoms with E-state index in [2.05, 4.69) is 15.3 Å². The Labute approximate surface area is 151 Å². The van der Waals surface area contributed by atoms with Crippen LogP contribution in [0, 0.1) is 10.1 Å². The van der Waals surface area contributed by atoms with Crippen molar-refractivity contribution >= 4 is 29.1 Å². The molecule has 0 N–H and O–H groups in total. The summed E-state index contributed by atoms with van der Waals surface area (Å²) in [6.07, 6.45) is 2.58. The Kier molecular flexibility index (Phi) is 5.19. The minimum absolute atomic E-state index is 0.0457. The maximum absolute atomic E-state index is 10.7. The molecule has 0 saturated carbocycles. The number of nitrogens with zero attached hydrogens (tertiary/aromatic N) is 6. The van der Waals surface area contributed by atoms with Crippen LogP contribution in [0.25, 0.3) is 0 Å². The summed E-state index contributed by atoms with van der Waals surface area (Å²) in [6.45, 7) is 0.263. The largest absolute Gasteiger partial charge is 0.486 e. The monoisotopic (exact) mass is 380 g/mol. The van der Waals surface area contributed by atoms with Gasteiger partial charge in [0.05, 0.1) is 10.8 Å². The van der Waals surface area contributed by atoms with Crippen LogP contribution in [-0.4, -0.2) is 29.5 Å². The minimum atomic E-state index is -0.483. The molecular formula is C14H13ClN6O3S. The minimum Gasteiger partial charge on any atom is -0.486 e. The van der Waals surface area contributed by atoms with Crippen molar-refractivity contribution in [2.45, 2.75) is 17.6 Å². The first-order valence-electron chi connectivity index (χ1n) is 7.09. The lowest BCUT2D eigenvalue weighted by Gasteiger charge is -2.06. The van der Waals surface area contributed by atoms with E-state index in [1.165, 1.54) is 28.8 Å². The number of nitro groups is 1. The van der Waals surface area contributed by atoms with Crippen molar-refractivity contribution in [3.8, 4) is 5.75 Å². The molecule has 0 saturated heterocycles. The highest BCUT2D eigenvalue weighted by atomic mass is 35.5. The second-order valence-electron chi connectivity index (χ2n) is 4.97. The summed E-state index contributed by atoms with van der Waals surface area (Å²) >= 11 is 7.20. The van der Waals surface area contributed by atoms with Gasteiger partial charge in [-0.2, -0.15) is 5.10 Å². The molecule has 0 spiro atoms. The van der Waals surface area contributed by atoms with Crippen molar-refractivity contribution in [1.29, 1.82) is 0 Å². The van der Waals surface area contributed by atoms with Gasteiger partial charge in [-0.05, 0) is 24.3 Å². The molecule has 0 atom stereocenters. The zero-order chi connectivity index (χ0) is 17.8. The number of ether oxygens (including phenoxy) is 1. The molecule has 9 nitrogen and oxygen atoms in total. The summed E-state index contributed by atoms with van der Waals surface area (Å²) in [5.74, 6) is 1.73. The van der Waals surface area contributed by atoms with Gasteiger partial charge < -0.3 is 9.30 Å². The topological polar surface area (TPSA) is 101 Å². The molecule has 25 heavy (non-hydrogen) atoms. The predicted octanol–water partition coefficient (Wildman–Crippen LogP) is 2.90. The molecule has 130 valence electrons. The number of halogens is 1. The van der Waals surface area contributed by atoms with Crippen molar-refractivity contribution in [2.24, 2.45) is 7.05 Å². The third kappa shape index (κ3) is 4.28. The molecule has 2 aromatic heterocycles. The van der Waals surface area contributed by atoms with Crippen molar-refractivity contribution in [2.75, 3.05) is 0 Å². The summed E-state index contributed by atoms with van der Waals surface area (Å²) in [4.78, 5) is 10.2. The van der Waals surface area contributed by atoms with Crippen LogP contribution >= 0.6 is 23.4 Å². The quantitative estimate of drug-likeness (QED) is 0.353. The smallest absolute Gasteiger partial charge is 0.307 e. The van der Waals surface area contributed by atoms with Crippen LogP contribution in [0.15, 0.2) is 41.8 Å². The van der Waals surface area contributed by atoms with Crippen LogP contribution in [0.3, 0.4) is 0 Å². The molecule has 11 heteroatoms. The van der Waals surface area contributed by atoms with E-state index >= 15 is 0 Å². The average Bonchev–Trinajstić information content (AvgIpc) is 3.20. The maximum atomic E-state index is 10.7. The van der Waals surface area contributed by atoms with Gasteiger partial charge in [-0.25, -0.2) is 0 Å². The van der Waals surface area contributed by atoms with Crippen LogP contribution in [0.1, 0.15) is 5.82 Å². The summed E-state index contributed by atoms with van der Waals surface area (Å²) < 4.78 is 8.93. The lowest BCUT2D eigenvalue weighted by molar-refractivity contribution is -0.385. The van der Waals surface area contributed by atoms with E-state index in [1.54, 1.807) is 28.8 Å². The molecule has 0 unspecified atom stereocenters. The molecule has 1 aromatic carbocycles. The molecule has 0 radical (unpaired) electrons. The van der Waals surface area contributed by atoms with Crippen LogP contribution < -0.4 is 4.74 Å². The van der Waals surface area contributed by atoms with Gasteiger partial charge in [-0.3, -0.25) is 14.8 Å². The predicted molar refractivity (Wildman–Crippen MR) is 91.5 cm³/mol. The molecule has 0 amide bonds. The summed E-state index contributed by atoms with van der Waals surface area (Å²) in [5, 5.41) is 24.1. The molecule has 3 rings (SSSR count). The Balaban J connectivity index is 1.58. The lowest BCUT2D eigenvalue weighted by atomic mass is 10.3. The van der Waals surface area contributed by atoms with Crippen LogP contribution in [0.4, 0.5) is 5.69 Å². The van der Waals surface area contributed by atoms with E-state index in [0.717, 1.165) is 0 Å². The Morgan fingerprint density at radius 3 is 2.76 bits per heavy atom. The zero-order valence-electron chi connectivity index (χ0n) is 13.1. The molecule has 0 fully saturated rings. The van der Waals surface area contributed by atoms with E-state index in [4.69, 9.17) is 16.3 Å². The molecule has 0 aliphatic carbocycles. The van der Waals surface area contributed by atoms with Crippen molar-refractivity contribution < 1.29 is 9.66 Å². The fourth-order valence-electron chi connectivity index (χ4n) is 1.92. The molecule has 0 bridgehead atoms. The highest BCUT2D eigenvalue weighted by Crippen LogP contribution is 2.20. The van der Waals surface area contributed by atoms with Gasteiger partial charge in [0, 0.05) is 12.1 Å². The first kappa shape index (κ1) is 17.2. The Morgan fingerprint density at radius 2 is 2.08 bits per heavy atom. The fourth-order valence-corrected chi connectivity index (χ4v) is 2.83. The van der Waals surface area contributed by atoms with E-state index in [0.29, 0.717) is 27.6 Å². The first-order chi connectivity index (χ1) is 12.0. The lowest BCUT2D eigenvalue weighted by Crippen LogP contribution is -2.04. The molecular weight excluding hydrogens is 368 g/mol. The zero-order valence-corrected chi connectivity index (χ0v) is 14.6. The Morgan fingerprint density at radius 1 is 1.32 bits per heavy atom. The van der Waals surface area contributed by atoms with Gasteiger partial charge in [0.25, 0.3) is 0 Å². The highest BCUT2D eigenvalue weighted by Gasteiger charge is 2.12. The third-order valence-corrected chi connectivity index (χ3v) is 4.52. The summed E-state index contributed by atoms with van der Waals surface area (Å²) in [5.41, 5.74) is -0.0457. The van der Waals surface area contributed by atoms with E-state index in [1.807, 2.05) is 7.05 Å². The van der Waals surface area contributed by atoms with Crippen LogP contribution in [-0.2, 0) is 19.5 Å². The van der Waals surface area contributed by atoms with Gasteiger partial charge in [0.1, 0.15) is 24.8 Å². The van der Waals surface area contributed by atoms with Gasteiger partial charge in [0.15, 0.2) is 11.0 Å². The molecule has 2 heterocycles. The van der Waals surface area contributed by atoms with Crippen LogP contribution in [0.5, 0.6) is 5.75 Å². The summed E-state index contributed by atoms with van der Waals surface area (Å²) in [6, 6.07) is 7.05. The third-order valence-electron chi connectivity index (χ3n) is 3.26. The number of rotatable bonds is 7.